The lowest BCUT2D eigenvalue weighted by Gasteiger charge is -2.21. The fourth-order valence-electron chi connectivity index (χ4n) is 3.03. The highest BCUT2D eigenvalue weighted by Gasteiger charge is 2.12. The van der Waals surface area contributed by atoms with Crippen LogP contribution in [-0.4, -0.2) is 33.8 Å². The largest absolute Gasteiger partial charge is 0.357 e. The minimum absolute atomic E-state index is 0. The summed E-state index contributed by atoms with van der Waals surface area (Å²) in [4.78, 5) is 8.77. The maximum atomic E-state index is 4.57. The van der Waals surface area contributed by atoms with Crippen LogP contribution in [0.25, 0.3) is 0 Å². The predicted molar refractivity (Wildman–Crippen MR) is 105 cm³/mol. The molecule has 23 heavy (non-hydrogen) atoms. The molecule has 0 radical (unpaired) electrons. The number of aliphatic imine (C=N–C) groups is 1. The summed E-state index contributed by atoms with van der Waals surface area (Å²) >= 11 is 0. The van der Waals surface area contributed by atoms with Crippen molar-refractivity contribution in [2.24, 2.45) is 18.0 Å². The Labute approximate surface area is 157 Å². The van der Waals surface area contributed by atoms with Crippen molar-refractivity contribution < 1.29 is 0 Å². The van der Waals surface area contributed by atoms with Gasteiger partial charge in [0, 0.05) is 20.1 Å². The summed E-state index contributed by atoms with van der Waals surface area (Å²) in [5.74, 6) is 2.70. The highest BCUT2D eigenvalue weighted by Crippen LogP contribution is 2.26. The average molecular weight is 434 g/mol. The van der Waals surface area contributed by atoms with Crippen molar-refractivity contribution in [2.75, 3.05) is 13.1 Å². The Kier molecular flexibility index (Phi) is 10.2. The van der Waals surface area contributed by atoms with E-state index in [0.717, 1.165) is 30.8 Å². The average Bonchev–Trinajstić information content (AvgIpc) is 2.95. The van der Waals surface area contributed by atoms with E-state index in [1.165, 1.54) is 44.9 Å². The summed E-state index contributed by atoms with van der Waals surface area (Å²) in [7, 11) is 1.89. The molecule has 0 aromatic carbocycles. The number of aromatic nitrogens is 3. The Morgan fingerprint density at radius 2 is 2.09 bits per heavy atom. The summed E-state index contributed by atoms with van der Waals surface area (Å²) < 4.78 is 1.76. The molecule has 1 heterocycles. The number of halogens is 1. The molecule has 7 heteroatoms. The number of rotatable bonds is 7. The molecule has 1 aliphatic carbocycles. The molecule has 1 aromatic rings. The summed E-state index contributed by atoms with van der Waals surface area (Å²) in [6, 6.07) is 0. The molecule has 0 spiro atoms. The van der Waals surface area contributed by atoms with Gasteiger partial charge in [-0.15, -0.1) is 24.0 Å². The van der Waals surface area contributed by atoms with Crippen molar-refractivity contribution in [3.63, 3.8) is 0 Å². The lowest BCUT2D eigenvalue weighted by atomic mass is 9.86. The van der Waals surface area contributed by atoms with Crippen molar-refractivity contribution in [3.05, 3.63) is 12.2 Å². The van der Waals surface area contributed by atoms with Gasteiger partial charge in [0.25, 0.3) is 0 Å². The molecule has 1 fully saturated rings. The first-order valence-electron chi connectivity index (χ1n) is 8.64. The molecule has 1 aromatic heterocycles. The van der Waals surface area contributed by atoms with Crippen LogP contribution in [0, 0.1) is 5.92 Å². The van der Waals surface area contributed by atoms with Crippen LogP contribution in [0.15, 0.2) is 11.3 Å². The predicted octanol–water partition coefficient (Wildman–Crippen LogP) is 2.85. The second-order valence-electron chi connectivity index (χ2n) is 6.07. The van der Waals surface area contributed by atoms with Crippen molar-refractivity contribution in [1.82, 2.24) is 25.4 Å². The van der Waals surface area contributed by atoms with E-state index in [0.29, 0.717) is 6.54 Å². The third-order valence-corrected chi connectivity index (χ3v) is 4.33. The first-order valence-corrected chi connectivity index (χ1v) is 8.64. The van der Waals surface area contributed by atoms with Gasteiger partial charge in [-0.05, 0) is 25.7 Å². The van der Waals surface area contributed by atoms with Gasteiger partial charge in [0.2, 0.25) is 0 Å². The van der Waals surface area contributed by atoms with Crippen LogP contribution < -0.4 is 10.6 Å². The second kappa shape index (κ2) is 11.6. The lowest BCUT2D eigenvalue weighted by Crippen LogP contribution is -2.38. The van der Waals surface area contributed by atoms with Gasteiger partial charge in [-0.1, -0.05) is 32.1 Å². The Morgan fingerprint density at radius 1 is 1.30 bits per heavy atom. The fourth-order valence-corrected chi connectivity index (χ4v) is 3.03. The van der Waals surface area contributed by atoms with Gasteiger partial charge in [-0.2, -0.15) is 5.10 Å². The van der Waals surface area contributed by atoms with Crippen molar-refractivity contribution in [1.29, 1.82) is 0 Å². The van der Waals surface area contributed by atoms with Crippen LogP contribution >= 0.6 is 24.0 Å². The highest BCUT2D eigenvalue weighted by molar-refractivity contribution is 14.0. The van der Waals surface area contributed by atoms with Crippen LogP contribution in [0.5, 0.6) is 0 Å². The molecule has 2 rings (SSSR count). The maximum absolute atomic E-state index is 4.57. The van der Waals surface area contributed by atoms with E-state index < -0.39 is 0 Å². The van der Waals surface area contributed by atoms with Gasteiger partial charge < -0.3 is 10.6 Å². The summed E-state index contributed by atoms with van der Waals surface area (Å²) in [5.41, 5.74) is 0. The Balaban J connectivity index is 0.00000264. The van der Waals surface area contributed by atoms with Gasteiger partial charge in [0.15, 0.2) is 5.96 Å². The van der Waals surface area contributed by atoms with Crippen molar-refractivity contribution >= 4 is 29.9 Å². The number of aryl methyl sites for hydroxylation is 1. The van der Waals surface area contributed by atoms with E-state index in [1.54, 1.807) is 11.0 Å². The molecular weight excluding hydrogens is 403 g/mol. The van der Waals surface area contributed by atoms with Gasteiger partial charge >= 0.3 is 0 Å². The van der Waals surface area contributed by atoms with E-state index >= 15 is 0 Å². The Bertz CT molecular complexity index is 453. The molecule has 2 N–H and O–H groups in total. The molecule has 132 valence electrons. The first kappa shape index (κ1) is 20.2. The van der Waals surface area contributed by atoms with Crippen molar-refractivity contribution in [3.8, 4) is 0 Å². The minimum Gasteiger partial charge on any atom is -0.357 e. The quantitative estimate of drug-likeness (QED) is 0.300. The zero-order valence-electron chi connectivity index (χ0n) is 14.4. The lowest BCUT2D eigenvalue weighted by molar-refractivity contribution is 0.332. The Hall–Kier alpha value is -0.860. The summed E-state index contributed by atoms with van der Waals surface area (Å²) in [5, 5.41) is 10.8. The molecule has 0 amide bonds. The zero-order chi connectivity index (χ0) is 15.6. The fraction of sp³-hybridized carbons (Fsp3) is 0.812. The van der Waals surface area contributed by atoms with Crippen LogP contribution in [0.3, 0.4) is 0 Å². The first-order chi connectivity index (χ1) is 10.8. The number of hydrogen-bond acceptors (Lipinski definition) is 3. The number of nitrogens with one attached hydrogen (secondary N) is 2. The Morgan fingerprint density at radius 3 is 2.74 bits per heavy atom. The van der Waals surface area contributed by atoms with E-state index in [1.807, 2.05) is 7.05 Å². The normalized spacial score (nSPS) is 16.0. The molecule has 0 aliphatic heterocycles. The maximum Gasteiger partial charge on any atom is 0.191 e. The van der Waals surface area contributed by atoms with Crippen LogP contribution in [0.2, 0.25) is 0 Å². The second-order valence-corrected chi connectivity index (χ2v) is 6.07. The minimum atomic E-state index is 0. The van der Waals surface area contributed by atoms with E-state index in [4.69, 9.17) is 0 Å². The van der Waals surface area contributed by atoms with Crippen LogP contribution in [0.4, 0.5) is 0 Å². The number of hydrogen-bond donors (Lipinski definition) is 2. The van der Waals surface area contributed by atoms with E-state index in [2.05, 4.69) is 32.6 Å². The van der Waals surface area contributed by atoms with Gasteiger partial charge in [0.1, 0.15) is 18.7 Å². The van der Waals surface area contributed by atoms with Crippen LogP contribution in [-0.2, 0) is 13.6 Å². The van der Waals surface area contributed by atoms with E-state index in [9.17, 15) is 0 Å². The standard InChI is InChI=1S/C16H30N6.HI/c1-3-17-16(19-12-15-20-13-21-22(15)2)18-11-7-10-14-8-5-4-6-9-14;/h13-14H,3-12H2,1-2H3,(H2,17,18,19);1H. The number of guanidine groups is 1. The van der Waals surface area contributed by atoms with Gasteiger partial charge in [-0.25, -0.2) is 9.98 Å². The molecule has 1 saturated carbocycles. The van der Waals surface area contributed by atoms with Gasteiger partial charge in [0.05, 0.1) is 0 Å². The summed E-state index contributed by atoms with van der Waals surface area (Å²) in [6.45, 7) is 4.49. The molecule has 0 atom stereocenters. The summed E-state index contributed by atoms with van der Waals surface area (Å²) in [6.07, 6.45) is 11.3. The monoisotopic (exact) mass is 434 g/mol. The molecule has 0 bridgehead atoms. The van der Waals surface area contributed by atoms with Crippen molar-refractivity contribution in [2.45, 2.75) is 58.4 Å². The molecule has 6 nitrogen and oxygen atoms in total. The highest BCUT2D eigenvalue weighted by atomic mass is 127. The molecular formula is C16H31IN6. The molecule has 1 aliphatic rings. The smallest absolute Gasteiger partial charge is 0.191 e. The topological polar surface area (TPSA) is 67.1 Å². The molecule has 0 unspecified atom stereocenters. The molecule has 0 saturated heterocycles. The third kappa shape index (κ3) is 7.50. The van der Waals surface area contributed by atoms with Gasteiger partial charge in [-0.3, -0.25) is 4.68 Å². The number of nitrogens with zero attached hydrogens (tertiary/aromatic N) is 4. The zero-order valence-corrected chi connectivity index (χ0v) is 16.8. The van der Waals surface area contributed by atoms with E-state index in [-0.39, 0.29) is 24.0 Å². The third-order valence-electron chi connectivity index (χ3n) is 4.33. The van der Waals surface area contributed by atoms with Crippen LogP contribution in [0.1, 0.15) is 57.7 Å². The SMILES string of the molecule is CCNC(=NCc1ncnn1C)NCCCC1CCCCC1.I.